The molecule has 0 aromatic carbocycles. The van der Waals surface area contributed by atoms with Gasteiger partial charge in [0.05, 0.1) is 12.0 Å². The molecule has 0 atom stereocenters. The van der Waals surface area contributed by atoms with E-state index in [1.54, 1.807) is 0 Å². The van der Waals surface area contributed by atoms with Gasteiger partial charge in [0.25, 0.3) is 0 Å². The molecule has 2 N–H and O–H groups in total. The number of hydrogen-bond acceptors (Lipinski definition) is 3. The van der Waals surface area contributed by atoms with Crippen LogP contribution < -0.4 is 10.6 Å². The zero-order valence-electron chi connectivity index (χ0n) is 11.8. The minimum atomic E-state index is -0.267. The van der Waals surface area contributed by atoms with Crippen LogP contribution in [0.4, 0.5) is 0 Å². The van der Waals surface area contributed by atoms with Gasteiger partial charge in [-0.2, -0.15) is 0 Å². The molecule has 2 saturated heterocycles. The van der Waals surface area contributed by atoms with E-state index in [4.69, 9.17) is 0 Å². The first-order chi connectivity index (χ1) is 9.18. The second-order valence-corrected chi connectivity index (χ2v) is 5.65. The molecule has 108 valence electrons. The lowest BCUT2D eigenvalue weighted by Gasteiger charge is -2.35. The molecule has 0 radical (unpaired) electrons. The van der Waals surface area contributed by atoms with Crippen molar-refractivity contribution in [2.24, 2.45) is 5.41 Å². The Labute approximate surface area is 115 Å². The summed E-state index contributed by atoms with van der Waals surface area (Å²) < 4.78 is 0. The highest BCUT2D eigenvalue weighted by molar-refractivity contribution is 5.88. The summed E-state index contributed by atoms with van der Waals surface area (Å²) in [5.41, 5.74) is -0.267. The Morgan fingerprint density at radius 2 is 1.84 bits per heavy atom. The largest absolute Gasteiger partial charge is 0.347 e. The quantitative estimate of drug-likeness (QED) is 0.780. The van der Waals surface area contributed by atoms with Gasteiger partial charge in [-0.15, -0.1) is 0 Å². The van der Waals surface area contributed by atoms with E-state index in [1.165, 1.54) is 0 Å². The average Bonchev–Trinajstić information content (AvgIpc) is 2.99. The molecule has 2 heterocycles. The van der Waals surface area contributed by atoms with E-state index in [0.717, 1.165) is 58.3 Å². The molecule has 0 aromatic rings. The third-order valence-electron chi connectivity index (χ3n) is 4.58. The SMILES string of the molecule is CCC1(C(=O)NCC(=O)N2CCCC2)CCNCC1. The van der Waals surface area contributed by atoms with E-state index >= 15 is 0 Å². The molecular formula is C14H25N3O2. The van der Waals surface area contributed by atoms with E-state index in [9.17, 15) is 9.59 Å². The molecule has 2 aliphatic heterocycles. The van der Waals surface area contributed by atoms with Crippen LogP contribution in [-0.4, -0.2) is 49.4 Å². The van der Waals surface area contributed by atoms with Gasteiger partial charge in [-0.3, -0.25) is 9.59 Å². The van der Waals surface area contributed by atoms with Gasteiger partial charge < -0.3 is 15.5 Å². The van der Waals surface area contributed by atoms with Crippen LogP contribution in [0.2, 0.25) is 0 Å². The molecule has 2 rings (SSSR count). The van der Waals surface area contributed by atoms with Crippen molar-refractivity contribution in [3.8, 4) is 0 Å². The molecule has 19 heavy (non-hydrogen) atoms. The molecule has 0 spiro atoms. The van der Waals surface area contributed by atoms with Crippen LogP contribution in [0, 0.1) is 5.41 Å². The average molecular weight is 267 g/mol. The van der Waals surface area contributed by atoms with Gasteiger partial charge in [0.15, 0.2) is 0 Å². The van der Waals surface area contributed by atoms with Gasteiger partial charge in [0.1, 0.15) is 0 Å². The molecular weight excluding hydrogens is 242 g/mol. The van der Waals surface area contributed by atoms with Crippen LogP contribution in [0.1, 0.15) is 39.0 Å². The lowest BCUT2D eigenvalue weighted by Crippen LogP contribution is -2.49. The van der Waals surface area contributed by atoms with Crippen molar-refractivity contribution in [2.75, 3.05) is 32.7 Å². The molecule has 2 amide bonds. The minimum Gasteiger partial charge on any atom is -0.347 e. The summed E-state index contributed by atoms with van der Waals surface area (Å²) >= 11 is 0. The van der Waals surface area contributed by atoms with Gasteiger partial charge >= 0.3 is 0 Å². The number of nitrogens with zero attached hydrogens (tertiary/aromatic N) is 1. The van der Waals surface area contributed by atoms with Crippen molar-refractivity contribution < 1.29 is 9.59 Å². The first-order valence-corrected chi connectivity index (χ1v) is 7.45. The zero-order chi connectivity index (χ0) is 13.7. The van der Waals surface area contributed by atoms with Gasteiger partial charge in [0.2, 0.25) is 11.8 Å². The first-order valence-electron chi connectivity index (χ1n) is 7.45. The van der Waals surface area contributed by atoms with Crippen LogP contribution in [-0.2, 0) is 9.59 Å². The first kappa shape index (κ1) is 14.3. The van der Waals surface area contributed by atoms with E-state index in [-0.39, 0.29) is 23.8 Å². The lowest BCUT2D eigenvalue weighted by atomic mass is 9.76. The number of piperidine rings is 1. The van der Waals surface area contributed by atoms with Gasteiger partial charge in [-0.1, -0.05) is 6.92 Å². The topological polar surface area (TPSA) is 61.4 Å². The Morgan fingerprint density at radius 3 is 2.42 bits per heavy atom. The highest BCUT2D eigenvalue weighted by atomic mass is 16.2. The summed E-state index contributed by atoms with van der Waals surface area (Å²) in [6.45, 7) is 5.69. The Bertz CT molecular complexity index is 332. The van der Waals surface area contributed by atoms with Crippen molar-refractivity contribution in [3.05, 3.63) is 0 Å². The van der Waals surface area contributed by atoms with Crippen LogP contribution in [0.3, 0.4) is 0 Å². The standard InChI is InChI=1S/C14H25N3O2/c1-2-14(5-7-15-8-6-14)13(19)16-11-12(18)17-9-3-4-10-17/h15H,2-11H2,1H3,(H,16,19). The number of nitrogens with one attached hydrogen (secondary N) is 2. The Kier molecular flexibility index (Phi) is 4.80. The monoisotopic (exact) mass is 267 g/mol. The summed E-state index contributed by atoms with van der Waals surface area (Å²) in [4.78, 5) is 26.1. The fourth-order valence-corrected chi connectivity index (χ4v) is 3.07. The molecule has 0 aromatic heterocycles. The molecule has 0 aliphatic carbocycles. The van der Waals surface area contributed by atoms with Gasteiger partial charge in [0, 0.05) is 13.1 Å². The molecule has 2 fully saturated rings. The number of likely N-dealkylation sites (tertiary alicyclic amines) is 1. The van der Waals surface area contributed by atoms with Gasteiger partial charge in [-0.25, -0.2) is 0 Å². The third-order valence-corrected chi connectivity index (χ3v) is 4.58. The van der Waals surface area contributed by atoms with E-state index in [0.29, 0.717) is 0 Å². The smallest absolute Gasteiger partial charge is 0.241 e. The number of carbonyl (C=O) groups is 2. The predicted molar refractivity (Wildman–Crippen MR) is 73.7 cm³/mol. The maximum Gasteiger partial charge on any atom is 0.241 e. The molecule has 5 heteroatoms. The lowest BCUT2D eigenvalue weighted by molar-refractivity contribution is -0.137. The predicted octanol–water partition coefficient (Wildman–Crippen LogP) is 0.505. The van der Waals surface area contributed by atoms with Crippen LogP contribution in [0.15, 0.2) is 0 Å². The zero-order valence-corrected chi connectivity index (χ0v) is 11.8. The van der Waals surface area contributed by atoms with E-state index in [2.05, 4.69) is 17.6 Å². The van der Waals surface area contributed by atoms with Crippen molar-refractivity contribution in [1.82, 2.24) is 15.5 Å². The van der Waals surface area contributed by atoms with Crippen LogP contribution >= 0.6 is 0 Å². The number of carbonyl (C=O) groups excluding carboxylic acids is 2. The van der Waals surface area contributed by atoms with E-state index in [1.807, 2.05) is 4.90 Å². The Morgan fingerprint density at radius 1 is 1.21 bits per heavy atom. The highest BCUT2D eigenvalue weighted by Gasteiger charge is 2.37. The van der Waals surface area contributed by atoms with Crippen molar-refractivity contribution in [2.45, 2.75) is 39.0 Å². The van der Waals surface area contributed by atoms with Crippen molar-refractivity contribution in [3.63, 3.8) is 0 Å². The number of hydrogen-bond donors (Lipinski definition) is 2. The summed E-state index contributed by atoms with van der Waals surface area (Å²) in [5.74, 6) is 0.120. The second-order valence-electron chi connectivity index (χ2n) is 5.65. The highest BCUT2D eigenvalue weighted by Crippen LogP contribution is 2.32. The number of rotatable bonds is 4. The van der Waals surface area contributed by atoms with Crippen LogP contribution in [0.5, 0.6) is 0 Å². The van der Waals surface area contributed by atoms with Crippen molar-refractivity contribution in [1.29, 1.82) is 0 Å². The van der Waals surface area contributed by atoms with Crippen molar-refractivity contribution >= 4 is 11.8 Å². The summed E-state index contributed by atoms with van der Waals surface area (Å²) in [6, 6.07) is 0. The maximum absolute atomic E-state index is 12.4. The number of amides is 2. The van der Waals surface area contributed by atoms with Gasteiger partial charge in [-0.05, 0) is 45.2 Å². The van der Waals surface area contributed by atoms with E-state index < -0.39 is 0 Å². The molecule has 0 saturated carbocycles. The summed E-state index contributed by atoms with van der Waals surface area (Å²) in [5, 5.41) is 6.15. The third kappa shape index (κ3) is 3.26. The molecule has 0 unspecified atom stereocenters. The normalized spacial score (nSPS) is 22.3. The second kappa shape index (κ2) is 6.37. The fraction of sp³-hybridized carbons (Fsp3) is 0.857. The Balaban J connectivity index is 1.83. The minimum absolute atomic E-state index is 0.0593. The molecule has 2 aliphatic rings. The van der Waals surface area contributed by atoms with Crippen LogP contribution in [0.25, 0.3) is 0 Å². The Hall–Kier alpha value is -1.10. The summed E-state index contributed by atoms with van der Waals surface area (Å²) in [6.07, 6.45) is 4.76. The molecule has 5 nitrogen and oxygen atoms in total. The molecule has 0 bridgehead atoms. The fourth-order valence-electron chi connectivity index (χ4n) is 3.07. The summed E-state index contributed by atoms with van der Waals surface area (Å²) in [7, 11) is 0. The maximum atomic E-state index is 12.4.